The molecule has 7 heteroatoms. The zero-order chi connectivity index (χ0) is 16.9. The van der Waals surface area contributed by atoms with E-state index in [9.17, 15) is 0 Å². The molecule has 1 N–H and O–H groups in total. The standard InChI is InChI=1S/C17H20ClN5S/c1-3-9-19-15-13-10-20-23(16(13)22-17(21-15)24-2)11-14(18)12-7-5-4-6-8-12/h4-8,10,14H,3,9,11H2,1-2H3,(H,19,21,22). The Morgan fingerprint density at radius 3 is 2.75 bits per heavy atom. The van der Waals surface area contributed by atoms with Crippen LogP contribution in [0.5, 0.6) is 0 Å². The number of hydrogen-bond acceptors (Lipinski definition) is 5. The lowest BCUT2D eigenvalue weighted by Crippen LogP contribution is -2.08. The van der Waals surface area contributed by atoms with E-state index in [0.717, 1.165) is 40.5 Å². The van der Waals surface area contributed by atoms with Crippen LogP contribution < -0.4 is 5.32 Å². The molecule has 5 nitrogen and oxygen atoms in total. The number of rotatable bonds is 7. The number of nitrogens with one attached hydrogen (secondary N) is 1. The average Bonchev–Trinajstić information content (AvgIpc) is 3.03. The van der Waals surface area contributed by atoms with Crippen LogP contribution in [-0.2, 0) is 6.54 Å². The van der Waals surface area contributed by atoms with E-state index in [-0.39, 0.29) is 5.38 Å². The van der Waals surface area contributed by atoms with Gasteiger partial charge in [0.15, 0.2) is 10.8 Å². The van der Waals surface area contributed by atoms with Crippen LogP contribution in [0, 0.1) is 0 Å². The molecule has 1 aromatic carbocycles. The van der Waals surface area contributed by atoms with E-state index >= 15 is 0 Å². The van der Waals surface area contributed by atoms with Crippen molar-refractivity contribution in [3.05, 3.63) is 42.1 Å². The summed E-state index contributed by atoms with van der Waals surface area (Å²) in [6.07, 6.45) is 4.82. The van der Waals surface area contributed by atoms with Gasteiger partial charge in [0.25, 0.3) is 0 Å². The maximum Gasteiger partial charge on any atom is 0.191 e. The Balaban J connectivity index is 1.94. The second-order valence-corrected chi connectivity index (χ2v) is 6.73. The van der Waals surface area contributed by atoms with Crippen molar-refractivity contribution >= 4 is 40.2 Å². The van der Waals surface area contributed by atoms with E-state index in [2.05, 4.69) is 27.3 Å². The fourth-order valence-corrected chi connectivity index (χ4v) is 3.09. The predicted octanol–water partition coefficient (Wildman–Crippen LogP) is 4.35. The topological polar surface area (TPSA) is 55.6 Å². The summed E-state index contributed by atoms with van der Waals surface area (Å²) in [5.74, 6) is 0.836. The monoisotopic (exact) mass is 361 g/mol. The molecule has 0 saturated carbocycles. The summed E-state index contributed by atoms with van der Waals surface area (Å²) < 4.78 is 1.86. The van der Waals surface area contributed by atoms with Crippen molar-refractivity contribution in [1.82, 2.24) is 19.7 Å². The molecule has 0 bridgehead atoms. The van der Waals surface area contributed by atoms with Gasteiger partial charge in [-0.25, -0.2) is 14.6 Å². The predicted molar refractivity (Wildman–Crippen MR) is 101 cm³/mol. The largest absolute Gasteiger partial charge is 0.369 e. The van der Waals surface area contributed by atoms with Crippen LogP contribution >= 0.6 is 23.4 Å². The average molecular weight is 362 g/mol. The molecule has 0 fully saturated rings. The van der Waals surface area contributed by atoms with Gasteiger partial charge in [-0.1, -0.05) is 49.0 Å². The molecule has 0 aliphatic heterocycles. The van der Waals surface area contributed by atoms with Gasteiger partial charge in [-0.15, -0.1) is 11.6 Å². The summed E-state index contributed by atoms with van der Waals surface area (Å²) >= 11 is 8.09. The number of thioether (sulfide) groups is 1. The Morgan fingerprint density at radius 1 is 1.25 bits per heavy atom. The normalized spacial score (nSPS) is 12.5. The first-order valence-corrected chi connectivity index (χ1v) is 9.59. The van der Waals surface area contributed by atoms with Crippen LogP contribution in [0.15, 0.2) is 41.7 Å². The van der Waals surface area contributed by atoms with Crippen molar-refractivity contribution in [3.63, 3.8) is 0 Å². The van der Waals surface area contributed by atoms with Crippen molar-refractivity contribution in [2.24, 2.45) is 0 Å². The highest BCUT2D eigenvalue weighted by atomic mass is 35.5. The van der Waals surface area contributed by atoms with Crippen LogP contribution in [0.4, 0.5) is 5.82 Å². The SMILES string of the molecule is CCCNc1nc(SC)nc2c1cnn2CC(Cl)c1ccccc1. The summed E-state index contributed by atoms with van der Waals surface area (Å²) in [6.45, 7) is 3.56. The third-order valence-electron chi connectivity index (χ3n) is 3.70. The molecule has 1 atom stereocenters. The van der Waals surface area contributed by atoms with Gasteiger partial charge in [0, 0.05) is 6.54 Å². The summed E-state index contributed by atoms with van der Waals surface area (Å²) in [7, 11) is 0. The molecule has 0 amide bonds. The third-order valence-corrected chi connectivity index (χ3v) is 4.63. The molecule has 3 aromatic rings. The van der Waals surface area contributed by atoms with Gasteiger partial charge in [0.1, 0.15) is 5.82 Å². The second kappa shape index (κ2) is 7.85. The van der Waals surface area contributed by atoms with Crippen LogP contribution in [-0.4, -0.2) is 32.5 Å². The zero-order valence-electron chi connectivity index (χ0n) is 13.7. The van der Waals surface area contributed by atoms with E-state index in [1.54, 1.807) is 0 Å². The van der Waals surface area contributed by atoms with Crippen molar-refractivity contribution in [2.75, 3.05) is 18.1 Å². The lowest BCUT2D eigenvalue weighted by molar-refractivity contribution is 0.613. The number of aromatic nitrogens is 4. The zero-order valence-corrected chi connectivity index (χ0v) is 15.3. The number of anilines is 1. The molecule has 0 spiro atoms. The maximum atomic E-state index is 6.57. The van der Waals surface area contributed by atoms with Gasteiger partial charge < -0.3 is 5.32 Å². The lowest BCUT2D eigenvalue weighted by Gasteiger charge is -2.11. The Morgan fingerprint density at radius 2 is 2.04 bits per heavy atom. The summed E-state index contributed by atoms with van der Waals surface area (Å²) in [6, 6.07) is 10.0. The molecule has 24 heavy (non-hydrogen) atoms. The number of halogens is 1. The molecule has 0 radical (unpaired) electrons. The van der Waals surface area contributed by atoms with Crippen LogP contribution in [0.1, 0.15) is 24.3 Å². The van der Waals surface area contributed by atoms with Gasteiger partial charge >= 0.3 is 0 Å². The quantitative estimate of drug-likeness (QED) is 0.385. The van der Waals surface area contributed by atoms with E-state index < -0.39 is 0 Å². The number of nitrogens with zero attached hydrogens (tertiary/aromatic N) is 4. The van der Waals surface area contributed by atoms with Gasteiger partial charge in [-0.05, 0) is 18.2 Å². The Hall–Kier alpha value is -1.79. The van der Waals surface area contributed by atoms with Crippen molar-refractivity contribution in [3.8, 4) is 0 Å². The van der Waals surface area contributed by atoms with Crippen molar-refractivity contribution < 1.29 is 0 Å². The first-order valence-electron chi connectivity index (χ1n) is 7.93. The summed E-state index contributed by atoms with van der Waals surface area (Å²) in [5, 5.41) is 9.35. The van der Waals surface area contributed by atoms with Gasteiger partial charge in [0.2, 0.25) is 0 Å². The van der Waals surface area contributed by atoms with E-state index in [1.807, 2.05) is 47.5 Å². The highest BCUT2D eigenvalue weighted by Gasteiger charge is 2.16. The van der Waals surface area contributed by atoms with Crippen molar-refractivity contribution in [1.29, 1.82) is 0 Å². The smallest absolute Gasteiger partial charge is 0.191 e. The van der Waals surface area contributed by atoms with Crippen molar-refractivity contribution in [2.45, 2.75) is 30.4 Å². The lowest BCUT2D eigenvalue weighted by atomic mass is 10.1. The Labute approximate surface area is 150 Å². The molecule has 0 aliphatic carbocycles. The van der Waals surface area contributed by atoms with Gasteiger partial charge in [-0.2, -0.15) is 5.10 Å². The maximum absolute atomic E-state index is 6.57. The molecule has 0 saturated heterocycles. The number of benzene rings is 1. The molecule has 0 aliphatic rings. The van der Waals surface area contributed by atoms with E-state index in [4.69, 9.17) is 11.6 Å². The fraction of sp³-hybridized carbons (Fsp3) is 0.353. The van der Waals surface area contributed by atoms with Gasteiger partial charge in [0.05, 0.1) is 23.5 Å². The summed E-state index contributed by atoms with van der Waals surface area (Å²) in [5.41, 5.74) is 1.89. The fourth-order valence-electron chi connectivity index (χ4n) is 2.46. The first kappa shape index (κ1) is 17.0. The van der Waals surface area contributed by atoms with Crippen LogP contribution in [0.2, 0.25) is 0 Å². The minimum atomic E-state index is -0.158. The molecule has 2 heterocycles. The molecular formula is C17H20ClN5S. The third kappa shape index (κ3) is 3.65. The Bertz CT molecular complexity index is 805. The number of alkyl halides is 1. The Kier molecular flexibility index (Phi) is 5.58. The molecule has 2 aromatic heterocycles. The van der Waals surface area contributed by atoms with E-state index in [1.165, 1.54) is 11.8 Å². The van der Waals surface area contributed by atoms with Crippen LogP contribution in [0.3, 0.4) is 0 Å². The molecule has 3 rings (SSSR count). The number of fused-ring (bicyclic) bond motifs is 1. The highest BCUT2D eigenvalue weighted by Crippen LogP contribution is 2.27. The minimum Gasteiger partial charge on any atom is -0.369 e. The van der Waals surface area contributed by atoms with Gasteiger partial charge in [-0.3, -0.25) is 0 Å². The number of hydrogen-bond donors (Lipinski definition) is 1. The highest BCUT2D eigenvalue weighted by molar-refractivity contribution is 7.98. The first-order chi connectivity index (χ1) is 11.7. The minimum absolute atomic E-state index is 0.158. The second-order valence-electron chi connectivity index (χ2n) is 5.43. The summed E-state index contributed by atoms with van der Waals surface area (Å²) in [4.78, 5) is 9.18. The molecular weight excluding hydrogens is 342 g/mol. The molecule has 1 unspecified atom stereocenters. The van der Waals surface area contributed by atoms with E-state index in [0.29, 0.717) is 6.54 Å². The van der Waals surface area contributed by atoms with Crippen LogP contribution in [0.25, 0.3) is 11.0 Å². The molecule has 126 valence electrons.